The minimum atomic E-state index is -0.533. The maximum absolute atomic E-state index is 14.1. The molecule has 1 saturated heterocycles. The van der Waals surface area contributed by atoms with Crippen molar-refractivity contribution in [1.82, 2.24) is 20.2 Å². The van der Waals surface area contributed by atoms with Gasteiger partial charge in [0.2, 0.25) is 0 Å². The number of nitrogens with one attached hydrogen (secondary N) is 1. The zero-order valence-electron chi connectivity index (χ0n) is 18.5. The number of hydrogen-bond acceptors (Lipinski definition) is 6. The number of nitrogens with zero attached hydrogens (tertiary/aromatic N) is 5. The Hall–Kier alpha value is -4.16. The molecular weight excluding hydrogens is 435 g/mol. The van der Waals surface area contributed by atoms with E-state index in [1.54, 1.807) is 42.7 Å². The Morgan fingerprint density at radius 2 is 2.12 bits per heavy atom. The van der Waals surface area contributed by atoms with Crippen LogP contribution in [0.2, 0.25) is 0 Å². The molecule has 1 N–H and O–H groups in total. The van der Waals surface area contributed by atoms with Crippen LogP contribution in [0.3, 0.4) is 0 Å². The van der Waals surface area contributed by atoms with Crippen molar-refractivity contribution in [2.75, 3.05) is 20.1 Å². The second-order valence-electron chi connectivity index (χ2n) is 8.28. The van der Waals surface area contributed by atoms with Crippen LogP contribution in [0.4, 0.5) is 10.1 Å². The van der Waals surface area contributed by atoms with Gasteiger partial charge in [-0.2, -0.15) is 0 Å². The SMILES string of the molecule is [C-]#[N+]c1cc(F)cc(-c2ncc(C(=O)N(C)Cc3cncc4c3CN=C4)cc2OC2CNC2)c1. The number of halogens is 1. The summed E-state index contributed by atoms with van der Waals surface area (Å²) in [7, 11) is 1.72. The highest BCUT2D eigenvalue weighted by atomic mass is 19.1. The lowest BCUT2D eigenvalue weighted by Crippen LogP contribution is -2.50. The van der Waals surface area contributed by atoms with Gasteiger partial charge in [-0.05, 0) is 41.0 Å². The van der Waals surface area contributed by atoms with Gasteiger partial charge in [-0.15, -0.1) is 0 Å². The van der Waals surface area contributed by atoms with Crippen LogP contribution in [-0.2, 0) is 13.1 Å². The van der Waals surface area contributed by atoms with Gasteiger partial charge in [0.1, 0.15) is 23.4 Å². The molecule has 1 aromatic carbocycles. The van der Waals surface area contributed by atoms with Crippen molar-refractivity contribution < 1.29 is 13.9 Å². The monoisotopic (exact) mass is 456 g/mol. The van der Waals surface area contributed by atoms with Crippen molar-refractivity contribution in [1.29, 1.82) is 0 Å². The van der Waals surface area contributed by atoms with E-state index in [1.807, 2.05) is 0 Å². The average Bonchev–Trinajstić information content (AvgIpc) is 3.30. The predicted molar refractivity (Wildman–Crippen MR) is 125 cm³/mol. The largest absolute Gasteiger partial charge is 0.485 e. The summed E-state index contributed by atoms with van der Waals surface area (Å²) >= 11 is 0. The summed E-state index contributed by atoms with van der Waals surface area (Å²) in [5.41, 5.74) is 4.32. The van der Waals surface area contributed by atoms with Crippen LogP contribution in [-0.4, -0.2) is 53.2 Å². The van der Waals surface area contributed by atoms with E-state index in [1.165, 1.54) is 18.3 Å². The Kier molecular flexibility index (Phi) is 5.74. The molecule has 0 unspecified atom stereocenters. The van der Waals surface area contributed by atoms with Crippen molar-refractivity contribution in [2.24, 2.45) is 4.99 Å². The molecule has 9 heteroatoms. The highest BCUT2D eigenvalue weighted by Crippen LogP contribution is 2.33. The molecule has 34 heavy (non-hydrogen) atoms. The fourth-order valence-electron chi connectivity index (χ4n) is 3.94. The van der Waals surface area contributed by atoms with Gasteiger partial charge < -0.3 is 15.0 Å². The summed E-state index contributed by atoms with van der Waals surface area (Å²) in [5.74, 6) is -0.384. The molecule has 0 atom stereocenters. The van der Waals surface area contributed by atoms with Crippen molar-refractivity contribution in [3.63, 3.8) is 0 Å². The first kappa shape index (κ1) is 21.7. The molecule has 0 radical (unpaired) electrons. The molecule has 2 aromatic heterocycles. The van der Waals surface area contributed by atoms with Crippen molar-refractivity contribution >= 4 is 17.8 Å². The number of rotatable bonds is 6. The van der Waals surface area contributed by atoms with Gasteiger partial charge in [-0.3, -0.25) is 19.8 Å². The van der Waals surface area contributed by atoms with Crippen LogP contribution in [0.5, 0.6) is 5.75 Å². The van der Waals surface area contributed by atoms with Gasteiger partial charge in [-0.25, -0.2) is 9.24 Å². The Morgan fingerprint density at radius 3 is 2.88 bits per heavy atom. The van der Waals surface area contributed by atoms with E-state index in [9.17, 15) is 9.18 Å². The van der Waals surface area contributed by atoms with Crippen LogP contribution < -0.4 is 10.1 Å². The number of fused-ring (bicyclic) bond motifs is 1. The van der Waals surface area contributed by atoms with E-state index in [0.717, 1.165) is 16.7 Å². The van der Waals surface area contributed by atoms with E-state index in [4.69, 9.17) is 11.3 Å². The van der Waals surface area contributed by atoms with Crippen LogP contribution in [0.15, 0.2) is 47.8 Å². The first-order chi connectivity index (χ1) is 16.5. The summed E-state index contributed by atoms with van der Waals surface area (Å²) in [6, 6.07) is 5.67. The number of ether oxygens (including phenoxy) is 1. The minimum Gasteiger partial charge on any atom is -0.485 e. The molecule has 0 aliphatic carbocycles. The lowest BCUT2D eigenvalue weighted by Gasteiger charge is -2.29. The van der Waals surface area contributed by atoms with E-state index in [0.29, 0.717) is 48.7 Å². The van der Waals surface area contributed by atoms with Crippen molar-refractivity contribution in [3.8, 4) is 17.0 Å². The molecule has 4 heterocycles. The summed E-state index contributed by atoms with van der Waals surface area (Å²) < 4.78 is 20.2. The number of hydrogen-bond donors (Lipinski definition) is 1. The number of aliphatic imine (C=N–C) groups is 1. The van der Waals surface area contributed by atoms with Gasteiger partial charge in [0, 0.05) is 57.1 Å². The van der Waals surface area contributed by atoms with E-state index in [2.05, 4.69) is 25.1 Å². The third-order valence-corrected chi connectivity index (χ3v) is 5.84. The van der Waals surface area contributed by atoms with E-state index in [-0.39, 0.29) is 17.7 Å². The van der Waals surface area contributed by atoms with Gasteiger partial charge in [0.05, 0.1) is 18.7 Å². The summed E-state index contributed by atoms with van der Waals surface area (Å²) in [6.45, 7) is 9.51. The predicted octanol–water partition coefficient (Wildman–Crippen LogP) is 3.39. The smallest absolute Gasteiger partial charge is 0.255 e. The third kappa shape index (κ3) is 4.23. The van der Waals surface area contributed by atoms with Crippen LogP contribution in [0.1, 0.15) is 27.0 Å². The molecular formula is C25H21FN6O2. The van der Waals surface area contributed by atoms with Crippen molar-refractivity contribution in [2.45, 2.75) is 19.2 Å². The van der Waals surface area contributed by atoms with Crippen LogP contribution >= 0.6 is 0 Å². The number of benzene rings is 1. The fraction of sp³-hybridized carbons (Fsp3) is 0.240. The zero-order valence-corrected chi connectivity index (χ0v) is 18.5. The molecule has 1 fully saturated rings. The Bertz CT molecular complexity index is 1350. The molecule has 8 nitrogen and oxygen atoms in total. The molecule has 170 valence electrons. The molecule has 2 aliphatic heterocycles. The zero-order chi connectivity index (χ0) is 23.7. The van der Waals surface area contributed by atoms with Gasteiger partial charge in [0.15, 0.2) is 5.69 Å². The second-order valence-corrected chi connectivity index (χ2v) is 8.28. The number of pyridine rings is 2. The van der Waals surface area contributed by atoms with Gasteiger partial charge >= 0.3 is 0 Å². The highest BCUT2D eigenvalue weighted by molar-refractivity contribution is 5.95. The first-order valence-electron chi connectivity index (χ1n) is 10.8. The molecule has 0 saturated carbocycles. The summed E-state index contributed by atoms with van der Waals surface area (Å²) in [4.78, 5) is 31.2. The lowest BCUT2D eigenvalue weighted by atomic mass is 10.1. The number of carbonyl (C=O) groups is 1. The minimum absolute atomic E-state index is 0.0736. The maximum atomic E-state index is 14.1. The molecule has 2 aliphatic rings. The summed E-state index contributed by atoms with van der Waals surface area (Å²) in [6.07, 6.45) is 6.70. The van der Waals surface area contributed by atoms with Crippen LogP contribution in [0.25, 0.3) is 16.1 Å². The maximum Gasteiger partial charge on any atom is 0.255 e. The Labute approximate surface area is 196 Å². The Morgan fingerprint density at radius 1 is 1.26 bits per heavy atom. The third-order valence-electron chi connectivity index (χ3n) is 5.84. The Balaban J connectivity index is 1.44. The molecule has 1 amide bonds. The number of carbonyl (C=O) groups excluding carboxylic acids is 1. The van der Waals surface area contributed by atoms with E-state index < -0.39 is 5.82 Å². The second kappa shape index (κ2) is 9.00. The standard InChI is InChI=1S/C25H21FN6O2/c1-27-20-4-15(3-19(26)6-20)24-23(34-21-11-30-12-21)5-16(10-31-24)25(33)32(2)14-18-9-28-7-17-8-29-13-22(17)18/h3-10,21,30H,11-14H2,2H3. The summed E-state index contributed by atoms with van der Waals surface area (Å²) in [5, 5.41) is 3.13. The fourth-order valence-corrected chi connectivity index (χ4v) is 3.94. The van der Waals surface area contributed by atoms with Crippen LogP contribution in [0, 0.1) is 12.4 Å². The highest BCUT2D eigenvalue weighted by Gasteiger charge is 2.24. The molecule has 5 rings (SSSR count). The topological polar surface area (TPSA) is 84.1 Å². The first-order valence-corrected chi connectivity index (χ1v) is 10.8. The van der Waals surface area contributed by atoms with Gasteiger partial charge in [0.25, 0.3) is 5.91 Å². The quantitative estimate of drug-likeness (QED) is 0.575. The van der Waals surface area contributed by atoms with Gasteiger partial charge in [-0.1, -0.05) is 0 Å². The molecule has 0 bridgehead atoms. The number of aromatic nitrogens is 2. The van der Waals surface area contributed by atoms with Crippen molar-refractivity contribution in [3.05, 3.63) is 82.3 Å². The molecule has 0 spiro atoms. The average molecular weight is 456 g/mol. The lowest BCUT2D eigenvalue weighted by molar-refractivity contribution is 0.0782. The van der Waals surface area contributed by atoms with E-state index >= 15 is 0 Å². The molecule has 3 aromatic rings. The number of amides is 1. The normalized spacial score (nSPS) is 14.3.